The van der Waals surface area contributed by atoms with Crippen LogP contribution < -0.4 is 16.0 Å². The average Bonchev–Trinajstić information content (AvgIpc) is 2.77. The highest BCUT2D eigenvalue weighted by Gasteiger charge is 2.02. The standard InChI is InChI=1S/C22H20N6O3/c29-19-10-4-1-7-16(19)13-23-26-22(27-24-14-17-8-2-5-11-20(17)30)28-25-15-18-9-3-6-12-21(18)31/h1-15,29-31H,(H2,26,27,28)/p+1. The maximum absolute atomic E-state index is 9.82. The van der Waals surface area contributed by atoms with E-state index >= 15 is 0 Å². The number of guanidine groups is 1. The molecule has 0 aromatic heterocycles. The van der Waals surface area contributed by atoms with Gasteiger partial charge in [0.25, 0.3) is 5.96 Å². The Balaban J connectivity index is 1.75. The molecule has 6 N–H and O–H groups in total. The van der Waals surface area contributed by atoms with Gasteiger partial charge in [-0.25, -0.2) is 5.43 Å². The van der Waals surface area contributed by atoms with Crippen molar-refractivity contribution in [1.82, 2.24) is 10.9 Å². The smallest absolute Gasteiger partial charge is 0.291 e. The van der Waals surface area contributed by atoms with Crippen molar-refractivity contribution >= 4 is 24.6 Å². The van der Waals surface area contributed by atoms with E-state index < -0.39 is 0 Å². The van der Waals surface area contributed by atoms with Crippen LogP contribution in [0.25, 0.3) is 0 Å². The van der Waals surface area contributed by atoms with Crippen molar-refractivity contribution in [3.05, 3.63) is 89.5 Å². The van der Waals surface area contributed by atoms with Crippen molar-refractivity contribution in [3.8, 4) is 17.2 Å². The fourth-order valence-electron chi connectivity index (χ4n) is 2.37. The van der Waals surface area contributed by atoms with Crippen LogP contribution >= 0.6 is 0 Å². The molecule has 0 spiro atoms. The van der Waals surface area contributed by atoms with Gasteiger partial charge in [0.1, 0.15) is 17.2 Å². The zero-order valence-corrected chi connectivity index (χ0v) is 16.3. The molecule has 9 nitrogen and oxygen atoms in total. The second-order valence-electron chi connectivity index (χ2n) is 6.15. The highest BCUT2D eigenvalue weighted by molar-refractivity contribution is 5.87. The Bertz CT molecular complexity index is 1080. The average molecular weight is 417 g/mol. The lowest BCUT2D eigenvalue weighted by Crippen LogP contribution is -2.82. The molecule has 31 heavy (non-hydrogen) atoms. The third kappa shape index (κ3) is 6.43. The van der Waals surface area contributed by atoms with Crippen LogP contribution in [0.1, 0.15) is 16.7 Å². The summed E-state index contributed by atoms with van der Waals surface area (Å²) in [6.07, 6.45) is 4.34. The van der Waals surface area contributed by atoms with Crippen LogP contribution in [0.15, 0.2) is 88.1 Å². The van der Waals surface area contributed by atoms with Crippen LogP contribution in [0.3, 0.4) is 0 Å². The Hall–Kier alpha value is -4.66. The van der Waals surface area contributed by atoms with Crippen LogP contribution in [0, 0.1) is 0 Å². The van der Waals surface area contributed by atoms with E-state index in [2.05, 4.69) is 31.3 Å². The number of hydrazine groups is 1. The number of phenolic OH excluding ortho intramolecular Hbond substituents is 3. The van der Waals surface area contributed by atoms with Crippen LogP contribution in [0.2, 0.25) is 0 Å². The first kappa shape index (κ1) is 21.1. The van der Waals surface area contributed by atoms with Gasteiger partial charge in [-0.3, -0.25) is 0 Å². The Labute approximate surface area is 178 Å². The summed E-state index contributed by atoms with van der Waals surface area (Å²) in [6, 6.07) is 20.2. The van der Waals surface area contributed by atoms with Gasteiger partial charge in [-0.2, -0.15) is 10.2 Å². The largest absolute Gasteiger partial charge is 0.507 e. The van der Waals surface area contributed by atoms with Gasteiger partial charge >= 0.3 is 0 Å². The number of nitrogens with one attached hydrogen (secondary N) is 3. The maximum atomic E-state index is 9.82. The molecule has 0 unspecified atom stereocenters. The van der Waals surface area contributed by atoms with Crippen LogP contribution in [-0.2, 0) is 0 Å². The summed E-state index contributed by atoms with van der Waals surface area (Å²) < 4.78 is 0. The molecular formula is C22H21N6O3+. The number of hydrogen-bond donors (Lipinski definition) is 6. The van der Waals surface area contributed by atoms with E-state index in [1.807, 2.05) is 0 Å². The highest BCUT2D eigenvalue weighted by atomic mass is 16.3. The number of phenols is 3. The van der Waals surface area contributed by atoms with Crippen LogP contribution in [0.4, 0.5) is 0 Å². The zero-order valence-electron chi connectivity index (χ0n) is 16.3. The van der Waals surface area contributed by atoms with Crippen molar-refractivity contribution in [2.24, 2.45) is 15.3 Å². The van der Waals surface area contributed by atoms with E-state index in [1.54, 1.807) is 72.8 Å². The summed E-state index contributed by atoms with van der Waals surface area (Å²) in [5.41, 5.74) is 7.01. The van der Waals surface area contributed by atoms with Crippen molar-refractivity contribution in [2.75, 3.05) is 0 Å². The summed E-state index contributed by atoms with van der Waals surface area (Å²) in [6.45, 7) is 0. The minimum absolute atomic E-state index is 0.0764. The van der Waals surface area contributed by atoms with E-state index in [9.17, 15) is 15.3 Å². The highest BCUT2D eigenvalue weighted by Crippen LogP contribution is 2.13. The molecule has 0 saturated carbocycles. The molecule has 0 radical (unpaired) electrons. The first-order chi connectivity index (χ1) is 15.1. The molecule has 0 fully saturated rings. The predicted octanol–water partition coefficient (Wildman–Crippen LogP) is 0.821. The topological polar surface area (TPSA) is 136 Å². The van der Waals surface area contributed by atoms with Gasteiger partial charge in [0.2, 0.25) is 6.21 Å². The first-order valence-electron chi connectivity index (χ1n) is 9.22. The third-order valence-corrected chi connectivity index (χ3v) is 3.96. The summed E-state index contributed by atoms with van der Waals surface area (Å²) in [7, 11) is 0. The molecule has 0 saturated heterocycles. The molecular weight excluding hydrogens is 396 g/mol. The fraction of sp³-hybridized carbons (Fsp3) is 0. The van der Waals surface area contributed by atoms with Crippen molar-refractivity contribution in [1.29, 1.82) is 0 Å². The maximum Gasteiger partial charge on any atom is 0.291 e. The Kier molecular flexibility index (Phi) is 7.31. The van der Waals surface area contributed by atoms with Gasteiger partial charge in [0.05, 0.1) is 18.0 Å². The quantitative estimate of drug-likeness (QED) is 0.201. The zero-order chi connectivity index (χ0) is 21.9. The Morgan fingerprint density at radius 2 is 1.23 bits per heavy atom. The molecule has 3 rings (SSSR count). The number of nitrogens with zero attached hydrogens (tertiary/aromatic N) is 3. The van der Waals surface area contributed by atoms with Gasteiger partial charge in [-0.05, 0) is 36.4 Å². The van der Waals surface area contributed by atoms with Gasteiger partial charge < -0.3 is 15.3 Å². The summed E-state index contributed by atoms with van der Waals surface area (Å²) in [5, 5.41) is 44.2. The van der Waals surface area contributed by atoms with E-state index in [0.717, 1.165) is 0 Å². The van der Waals surface area contributed by atoms with Gasteiger partial charge in [-0.1, -0.05) is 36.4 Å². The van der Waals surface area contributed by atoms with E-state index in [-0.39, 0.29) is 23.2 Å². The molecule has 9 heteroatoms. The number of para-hydroxylation sites is 3. The molecule has 0 bridgehead atoms. The van der Waals surface area contributed by atoms with Gasteiger partial charge in [-0.15, -0.1) is 15.6 Å². The van der Waals surface area contributed by atoms with Crippen LogP contribution in [0.5, 0.6) is 17.2 Å². The molecule has 0 aliphatic heterocycles. The molecule has 0 atom stereocenters. The normalized spacial score (nSPS) is 12.1. The van der Waals surface area contributed by atoms with Crippen molar-refractivity contribution < 1.29 is 20.4 Å². The summed E-state index contributed by atoms with van der Waals surface area (Å²) in [5.74, 6) is 0.388. The number of rotatable bonds is 6. The Morgan fingerprint density at radius 3 is 1.81 bits per heavy atom. The summed E-state index contributed by atoms with van der Waals surface area (Å²) >= 11 is 0. The predicted molar refractivity (Wildman–Crippen MR) is 119 cm³/mol. The first-order valence-corrected chi connectivity index (χ1v) is 9.22. The monoisotopic (exact) mass is 417 g/mol. The Morgan fingerprint density at radius 1 is 0.710 bits per heavy atom. The van der Waals surface area contributed by atoms with Gasteiger partial charge in [0.15, 0.2) is 0 Å². The molecule has 0 aliphatic carbocycles. The second kappa shape index (κ2) is 10.8. The minimum Gasteiger partial charge on any atom is -0.507 e. The number of hydrogen-bond acceptors (Lipinski definition) is 6. The van der Waals surface area contributed by atoms with Crippen molar-refractivity contribution in [3.63, 3.8) is 0 Å². The lowest BCUT2D eigenvalue weighted by molar-refractivity contribution is -0.500. The lowest BCUT2D eigenvalue weighted by Gasteiger charge is -2.01. The molecule has 3 aromatic carbocycles. The molecule has 0 aliphatic rings. The molecule has 156 valence electrons. The number of benzene rings is 3. The number of hydrazone groups is 2. The molecule has 0 amide bonds. The van der Waals surface area contributed by atoms with Gasteiger partial charge in [0, 0.05) is 11.1 Å². The lowest BCUT2D eigenvalue weighted by atomic mass is 10.2. The third-order valence-electron chi connectivity index (χ3n) is 3.96. The van der Waals surface area contributed by atoms with Crippen LogP contribution in [-0.4, -0.2) is 39.9 Å². The van der Waals surface area contributed by atoms with E-state index in [1.165, 1.54) is 18.6 Å². The fourth-order valence-corrected chi connectivity index (χ4v) is 2.37. The molecule has 0 heterocycles. The minimum atomic E-state index is 0.0764. The summed E-state index contributed by atoms with van der Waals surface area (Å²) in [4.78, 5) is 0. The number of aromatic hydroxyl groups is 3. The van der Waals surface area contributed by atoms with E-state index in [0.29, 0.717) is 16.7 Å². The second-order valence-corrected chi connectivity index (χ2v) is 6.15. The van der Waals surface area contributed by atoms with Crippen molar-refractivity contribution in [2.45, 2.75) is 0 Å². The molecule has 3 aromatic rings. The SMILES string of the molecule is Oc1ccccc1C=NN=C(NN=Cc1ccccc1O)N[NH+]=Cc1ccccc1O. The van der Waals surface area contributed by atoms with E-state index in [4.69, 9.17) is 0 Å².